The average molecular weight is 367 g/mol. The molecule has 0 saturated carbocycles. The molecule has 0 bridgehead atoms. The summed E-state index contributed by atoms with van der Waals surface area (Å²) in [5, 5.41) is 9.78. The minimum absolute atomic E-state index is 0.676. The standard InChI is InChI=1S/C20H21N3O2S/c1-2-23-19(16-9-10-17-18(13-16)25-12-6-11-24-17)21-22-20(23)26-14-15-7-4-3-5-8-15/h3-5,7-10,13H,2,6,11-12,14H2,1H3. The van der Waals surface area contributed by atoms with Crippen LogP contribution in [-0.4, -0.2) is 28.0 Å². The molecule has 4 rings (SSSR count). The second kappa shape index (κ2) is 7.83. The van der Waals surface area contributed by atoms with Crippen LogP contribution in [0, 0.1) is 0 Å². The predicted molar refractivity (Wildman–Crippen MR) is 103 cm³/mol. The molecule has 2 heterocycles. The van der Waals surface area contributed by atoms with E-state index in [0.29, 0.717) is 13.2 Å². The second-order valence-electron chi connectivity index (χ2n) is 6.04. The Balaban J connectivity index is 1.59. The van der Waals surface area contributed by atoms with E-state index in [2.05, 4.69) is 46.0 Å². The molecule has 0 spiro atoms. The van der Waals surface area contributed by atoms with Crippen LogP contribution in [0.15, 0.2) is 53.7 Å². The van der Waals surface area contributed by atoms with Crippen LogP contribution >= 0.6 is 11.8 Å². The quantitative estimate of drug-likeness (QED) is 0.625. The summed E-state index contributed by atoms with van der Waals surface area (Å²) in [6.45, 7) is 4.29. The van der Waals surface area contributed by atoms with E-state index in [0.717, 1.165) is 46.8 Å². The number of benzene rings is 2. The van der Waals surface area contributed by atoms with Crippen LogP contribution in [0.25, 0.3) is 11.4 Å². The van der Waals surface area contributed by atoms with E-state index in [1.165, 1.54) is 5.56 Å². The fourth-order valence-electron chi connectivity index (χ4n) is 2.92. The van der Waals surface area contributed by atoms with E-state index in [-0.39, 0.29) is 0 Å². The Morgan fingerprint density at radius 2 is 1.81 bits per heavy atom. The van der Waals surface area contributed by atoms with Crippen molar-refractivity contribution in [1.82, 2.24) is 14.8 Å². The van der Waals surface area contributed by atoms with Crippen molar-refractivity contribution in [2.24, 2.45) is 0 Å². The van der Waals surface area contributed by atoms with E-state index < -0.39 is 0 Å². The lowest BCUT2D eigenvalue weighted by atomic mass is 10.2. The minimum atomic E-state index is 0.676. The second-order valence-corrected chi connectivity index (χ2v) is 6.98. The summed E-state index contributed by atoms with van der Waals surface area (Å²) in [5.41, 5.74) is 2.27. The summed E-state index contributed by atoms with van der Waals surface area (Å²) in [4.78, 5) is 0. The van der Waals surface area contributed by atoms with Gasteiger partial charge < -0.3 is 14.0 Å². The molecule has 1 aliphatic heterocycles. The summed E-state index contributed by atoms with van der Waals surface area (Å²) in [7, 11) is 0. The van der Waals surface area contributed by atoms with E-state index in [4.69, 9.17) is 9.47 Å². The zero-order chi connectivity index (χ0) is 17.8. The first-order chi connectivity index (χ1) is 12.8. The molecule has 0 atom stereocenters. The Labute approximate surface area is 157 Å². The lowest BCUT2D eigenvalue weighted by Gasteiger charge is -2.10. The van der Waals surface area contributed by atoms with Crippen molar-refractivity contribution in [3.8, 4) is 22.9 Å². The van der Waals surface area contributed by atoms with Crippen molar-refractivity contribution >= 4 is 11.8 Å². The smallest absolute Gasteiger partial charge is 0.191 e. The highest BCUT2D eigenvalue weighted by atomic mass is 32.2. The zero-order valence-corrected chi connectivity index (χ0v) is 15.5. The Morgan fingerprint density at radius 3 is 2.62 bits per heavy atom. The van der Waals surface area contributed by atoms with Crippen LogP contribution in [0.2, 0.25) is 0 Å². The number of aromatic nitrogens is 3. The molecule has 0 aliphatic carbocycles. The van der Waals surface area contributed by atoms with Crippen molar-refractivity contribution in [2.75, 3.05) is 13.2 Å². The highest BCUT2D eigenvalue weighted by molar-refractivity contribution is 7.98. The molecular formula is C20H21N3O2S. The van der Waals surface area contributed by atoms with Crippen LogP contribution in [0.3, 0.4) is 0 Å². The number of fused-ring (bicyclic) bond motifs is 1. The average Bonchev–Trinajstić information content (AvgIpc) is 2.95. The molecule has 0 unspecified atom stereocenters. The number of thioether (sulfide) groups is 1. The number of nitrogens with zero attached hydrogens (tertiary/aromatic N) is 3. The molecule has 26 heavy (non-hydrogen) atoms. The molecule has 0 radical (unpaired) electrons. The fourth-order valence-corrected chi connectivity index (χ4v) is 3.88. The fraction of sp³-hybridized carbons (Fsp3) is 0.300. The first-order valence-electron chi connectivity index (χ1n) is 8.85. The van der Waals surface area contributed by atoms with Crippen LogP contribution in [0.4, 0.5) is 0 Å². The van der Waals surface area contributed by atoms with Gasteiger partial charge in [0.05, 0.1) is 13.2 Å². The Kier molecular flexibility index (Phi) is 5.11. The Morgan fingerprint density at radius 1 is 1.00 bits per heavy atom. The maximum absolute atomic E-state index is 5.81. The number of hydrogen-bond donors (Lipinski definition) is 0. The number of ether oxygens (including phenoxy) is 2. The molecule has 0 saturated heterocycles. The van der Waals surface area contributed by atoms with Gasteiger partial charge in [-0.1, -0.05) is 42.1 Å². The largest absolute Gasteiger partial charge is 0.490 e. The molecule has 1 aliphatic rings. The van der Waals surface area contributed by atoms with Crippen LogP contribution in [0.1, 0.15) is 18.9 Å². The summed E-state index contributed by atoms with van der Waals surface area (Å²) in [5.74, 6) is 3.32. The lowest BCUT2D eigenvalue weighted by Crippen LogP contribution is -2.00. The molecular weight excluding hydrogens is 346 g/mol. The molecule has 134 valence electrons. The van der Waals surface area contributed by atoms with Crippen LogP contribution in [0.5, 0.6) is 11.5 Å². The van der Waals surface area contributed by atoms with Gasteiger partial charge in [-0.05, 0) is 30.7 Å². The first kappa shape index (κ1) is 17.0. The van der Waals surface area contributed by atoms with E-state index >= 15 is 0 Å². The molecule has 5 nitrogen and oxygen atoms in total. The number of hydrogen-bond acceptors (Lipinski definition) is 5. The van der Waals surface area contributed by atoms with Crippen molar-refractivity contribution < 1.29 is 9.47 Å². The van der Waals surface area contributed by atoms with Crippen molar-refractivity contribution in [3.05, 3.63) is 54.1 Å². The monoisotopic (exact) mass is 367 g/mol. The van der Waals surface area contributed by atoms with Crippen molar-refractivity contribution in [1.29, 1.82) is 0 Å². The van der Waals surface area contributed by atoms with Gasteiger partial charge in [-0.25, -0.2) is 0 Å². The normalized spacial score (nSPS) is 13.4. The van der Waals surface area contributed by atoms with Crippen molar-refractivity contribution in [3.63, 3.8) is 0 Å². The van der Waals surface area contributed by atoms with Gasteiger partial charge in [0.2, 0.25) is 0 Å². The van der Waals surface area contributed by atoms with Gasteiger partial charge in [0.1, 0.15) is 0 Å². The van der Waals surface area contributed by atoms with Gasteiger partial charge in [-0.15, -0.1) is 10.2 Å². The third-order valence-electron chi connectivity index (χ3n) is 4.25. The topological polar surface area (TPSA) is 49.2 Å². The maximum Gasteiger partial charge on any atom is 0.191 e. The van der Waals surface area contributed by atoms with Gasteiger partial charge in [0.15, 0.2) is 22.5 Å². The molecule has 0 N–H and O–H groups in total. The van der Waals surface area contributed by atoms with Crippen molar-refractivity contribution in [2.45, 2.75) is 30.8 Å². The highest BCUT2D eigenvalue weighted by Gasteiger charge is 2.17. The molecule has 1 aromatic heterocycles. The van der Waals surface area contributed by atoms with Gasteiger partial charge in [-0.3, -0.25) is 0 Å². The van der Waals surface area contributed by atoms with Gasteiger partial charge in [0, 0.05) is 24.3 Å². The van der Waals surface area contributed by atoms with Gasteiger partial charge >= 0.3 is 0 Å². The maximum atomic E-state index is 5.81. The minimum Gasteiger partial charge on any atom is -0.490 e. The Hall–Kier alpha value is -2.47. The molecule has 0 amide bonds. The van der Waals surface area contributed by atoms with Crippen LogP contribution in [-0.2, 0) is 12.3 Å². The lowest BCUT2D eigenvalue weighted by molar-refractivity contribution is 0.297. The summed E-state index contributed by atoms with van der Waals surface area (Å²) < 4.78 is 13.7. The van der Waals surface area contributed by atoms with Gasteiger partial charge in [-0.2, -0.15) is 0 Å². The molecule has 6 heteroatoms. The third kappa shape index (κ3) is 3.55. The molecule has 2 aromatic carbocycles. The summed E-state index contributed by atoms with van der Waals surface area (Å²) in [6.07, 6.45) is 0.898. The van der Waals surface area contributed by atoms with E-state index in [1.807, 2.05) is 24.3 Å². The Bertz CT molecular complexity index is 880. The molecule has 0 fully saturated rings. The highest BCUT2D eigenvalue weighted by Crippen LogP contribution is 2.34. The predicted octanol–water partition coefficient (Wildman–Crippen LogP) is 4.42. The molecule has 3 aromatic rings. The number of rotatable bonds is 5. The van der Waals surface area contributed by atoms with E-state index in [9.17, 15) is 0 Å². The van der Waals surface area contributed by atoms with Crippen LogP contribution < -0.4 is 9.47 Å². The summed E-state index contributed by atoms with van der Waals surface area (Å²) >= 11 is 1.71. The third-order valence-corrected chi connectivity index (χ3v) is 5.29. The first-order valence-corrected chi connectivity index (χ1v) is 9.83. The SMILES string of the molecule is CCn1c(SCc2ccccc2)nnc1-c1ccc2c(c1)OCCCO2. The summed E-state index contributed by atoms with van der Waals surface area (Å²) in [6, 6.07) is 16.4. The van der Waals surface area contributed by atoms with E-state index in [1.54, 1.807) is 11.8 Å². The van der Waals surface area contributed by atoms with Gasteiger partial charge in [0.25, 0.3) is 0 Å². The zero-order valence-electron chi connectivity index (χ0n) is 14.7.